The topological polar surface area (TPSA) is 84.2 Å². The molecule has 0 radical (unpaired) electrons. The molecule has 3 aromatic rings. The number of benzene rings is 1. The maximum absolute atomic E-state index is 12.3. The maximum atomic E-state index is 12.3. The van der Waals surface area contributed by atoms with Gasteiger partial charge >= 0.3 is 0 Å². The summed E-state index contributed by atoms with van der Waals surface area (Å²) in [5.74, 6) is 0.498. The molecule has 7 heteroatoms. The molecule has 2 amide bonds. The molecule has 0 aliphatic carbocycles. The molecule has 0 bridgehead atoms. The second-order valence-corrected chi connectivity index (χ2v) is 6.31. The normalized spacial score (nSPS) is 10.5. The second kappa shape index (κ2) is 7.31. The average molecular weight is 355 g/mol. The highest BCUT2D eigenvalue weighted by molar-refractivity contribution is 7.13. The lowest BCUT2D eigenvalue weighted by molar-refractivity contribution is 0.0941. The molecule has 2 aromatic heterocycles. The van der Waals surface area contributed by atoms with E-state index in [1.807, 2.05) is 17.5 Å². The number of nitrogens with one attached hydrogen (secondary N) is 2. The summed E-state index contributed by atoms with van der Waals surface area (Å²) in [4.78, 5) is 29.0. The number of rotatable bonds is 5. The van der Waals surface area contributed by atoms with Gasteiger partial charge in [-0.15, -0.1) is 11.3 Å². The Labute approximate surface area is 148 Å². The van der Waals surface area contributed by atoms with E-state index in [1.165, 1.54) is 11.3 Å². The molecule has 0 aliphatic rings. The van der Waals surface area contributed by atoms with Gasteiger partial charge in [0.15, 0.2) is 5.69 Å². The number of carbonyl (C=O) groups excluding carboxylic acids is 2. The Morgan fingerprint density at radius 3 is 2.56 bits per heavy atom. The van der Waals surface area contributed by atoms with Gasteiger partial charge in [0.1, 0.15) is 5.76 Å². The Kier molecular flexibility index (Phi) is 4.95. The smallest absolute Gasteiger partial charge is 0.273 e. The van der Waals surface area contributed by atoms with Crippen molar-refractivity contribution in [3.63, 3.8) is 0 Å². The van der Waals surface area contributed by atoms with E-state index < -0.39 is 0 Å². The first-order valence-electron chi connectivity index (χ1n) is 7.69. The van der Waals surface area contributed by atoms with Crippen LogP contribution in [0.15, 0.2) is 46.2 Å². The minimum atomic E-state index is -0.292. The summed E-state index contributed by atoms with van der Waals surface area (Å²) in [5.41, 5.74) is 1.75. The lowest BCUT2D eigenvalue weighted by Crippen LogP contribution is -2.24. The third-order valence-corrected chi connectivity index (χ3v) is 4.50. The number of aromatic nitrogens is 1. The standard InChI is InChI=1S/C18H17N3O3S/c1-11-15(21-18(24-11)14-4-3-9-25-14)17(23)20-10-12-5-7-13(8-6-12)16(22)19-2/h3-9H,10H2,1-2H3,(H,19,22)(H,20,23). The van der Waals surface area contributed by atoms with E-state index in [1.54, 1.807) is 38.2 Å². The van der Waals surface area contributed by atoms with E-state index in [4.69, 9.17) is 4.42 Å². The van der Waals surface area contributed by atoms with Crippen LogP contribution in [0, 0.1) is 6.92 Å². The molecule has 0 saturated carbocycles. The van der Waals surface area contributed by atoms with Gasteiger partial charge in [-0.05, 0) is 36.1 Å². The fraction of sp³-hybridized carbons (Fsp3) is 0.167. The van der Waals surface area contributed by atoms with Gasteiger partial charge in [-0.3, -0.25) is 9.59 Å². The van der Waals surface area contributed by atoms with Crippen molar-refractivity contribution in [1.82, 2.24) is 15.6 Å². The first kappa shape index (κ1) is 16.9. The van der Waals surface area contributed by atoms with E-state index in [2.05, 4.69) is 15.6 Å². The summed E-state index contributed by atoms with van der Waals surface area (Å²) in [5, 5.41) is 7.31. The molecule has 1 aromatic carbocycles. The SMILES string of the molecule is CNC(=O)c1ccc(CNC(=O)c2nc(-c3cccs3)oc2C)cc1. The number of thiophene rings is 1. The fourth-order valence-electron chi connectivity index (χ4n) is 2.30. The van der Waals surface area contributed by atoms with Crippen molar-refractivity contribution in [2.45, 2.75) is 13.5 Å². The van der Waals surface area contributed by atoms with E-state index in [0.717, 1.165) is 10.4 Å². The molecule has 0 atom stereocenters. The Balaban J connectivity index is 1.66. The third-order valence-electron chi connectivity index (χ3n) is 3.64. The van der Waals surface area contributed by atoms with Crippen molar-refractivity contribution in [2.75, 3.05) is 7.05 Å². The van der Waals surface area contributed by atoms with Gasteiger partial charge < -0.3 is 15.1 Å². The van der Waals surface area contributed by atoms with E-state index in [-0.39, 0.29) is 17.5 Å². The number of amides is 2. The zero-order valence-corrected chi connectivity index (χ0v) is 14.6. The lowest BCUT2D eigenvalue weighted by atomic mass is 10.1. The van der Waals surface area contributed by atoms with Gasteiger partial charge in [0.05, 0.1) is 4.88 Å². The van der Waals surface area contributed by atoms with Gasteiger partial charge in [0.25, 0.3) is 11.8 Å². The fourth-order valence-corrected chi connectivity index (χ4v) is 2.95. The highest BCUT2D eigenvalue weighted by Gasteiger charge is 2.18. The van der Waals surface area contributed by atoms with Crippen LogP contribution in [0.3, 0.4) is 0 Å². The molecular weight excluding hydrogens is 338 g/mol. The van der Waals surface area contributed by atoms with Crippen LogP contribution in [0.1, 0.15) is 32.2 Å². The summed E-state index contributed by atoms with van der Waals surface area (Å²) in [6.45, 7) is 2.06. The Bertz CT molecular complexity index is 883. The first-order valence-corrected chi connectivity index (χ1v) is 8.57. The summed E-state index contributed by atoms with van der Waals surface area (Å²) >= 11 is 1.50. The van der Waals surface area contributed by atoms with Gasteiger partial charge in [0, 0.05) is 19.2 Å². The van der Waals surface area contributed by atoms with Crippen LogP contribution < -0.4 is 10.6 Å². The number of hydrogen-bond acceptors (Lipinski definition) is 5. The Morgan fingerprint density at radius 1 is 1.16 bits per heavy atom. The molecule has 0 spiro atoms. The second-order valence-electron chi connectivity index (χ2n) is 5.36. The molecule has 0 aliphatic heterocycles. The van der Waals surface area contributed by atoms with Crippen molar-refractivity contribution in [3.8, 4) is 10.8 Å². The van der Waals surface area contributed by atoms with Crippen LogP contribution in [-0.2, 0) is 6.54 Å². The molecule has 2 N–H and O–H groups in total. The molecule has 0 fully saturated rings. The summed E-state index contributed by atoms with van der Waals surface area (Å²) in [6, 6.07) is 10.8. The van der Waals surface area contributed by atoms with Crippen molar-refractivity contribution in [1.29, 1.82) is 0 Å². The minimum Gasteiger partial charge on any atom is -0.440 e. The van der Waals surface area contributed by atoms with Crippen LogP contribution in [-0.4, -0.2) is 23.8 Å². The number of oxazole rings is 1. The summed E-state index contributed by atoms with van der Waals surface area (Å²) < 4.78 is 5.58. The van der Waals surface area contributed by atoms with E-state index in [0.29, 0.717) is 23.8 Å². The predicted octanol–water partition coefficient (Wildman–Crippen LogP) is 3.00. The number of nitrogens with zero attached hydrogens (tertiary/aromatic N) is 1. The van der Waals surface area contributed by atoms with Crippen molar-refractivity contribution >= 4 is 23.2 Å². The number of aryl methyl sites for hydroxylation is 1. The number of hydrogen-bond donors (Lipinski definition) is 2. The Hall–Kier alpha value is -2.93. The zero-order chi connectivity index (χ0) is 17.8. The van der Waals surface area contributed by atoms with Crippen LogP contribution in [0.5, 0.6) is 0 Å². The zero-order valence-electron chi connectivity index (χ0n) is 13.8. The predicted molar refractivity (Wildman–Crippen MR) is 95.6 cm³/mol. The largest absolute Gasteiger partial charge is 0.440 e. The van der Waals surface area contributed by atoms with Gasteiger partial charge in [-0.25, -0.2) is 4.98 Å². The summed E-state index contributed by atoms with van der Waals surface area (Å²) in [7, 11) is 1.58. The molecule has 0 saturated heterocycles. The molecule has 6 nitrogen and oxygen atoms in total. The Morgan fingerprint density at radius 2 is 1.92 bits per heavy atom. The number of carbonyl (C=O) groups is 2. The molecule has 25 heavy (non-hydrogen) atoms. The molecule has 0 unspecified atom stereocenters. The third kappa shape index (κ3) is 3.77. The lowest BCUT2D eigenvalue weighted by Gasteiger charge is -2.05. The first-order chi connectivity index (χ1) is 12.1. The summed E-state index contributed by atoms with van der Waals surface area (Å²) in [6.07, 6.45) is 0. The quantitative estimate of drug-likeness (QED) is 0.737. The van der Waals surface area contributed by atoms with Crippen molar-refractivity contribution in [2.24, 2.45) is 0 Å². The monoisotopic (exact) mass is 355 g/mol. The van der Waals surface area contributed by atoms with Gasteiger partial charge in [-0.1, -0.05) is 18.2 Å². The van der Waals surface area contributed by atoms with Crippen LogP contribution in [0.4, 0.5) is 0 Å². The molecule has 2 heterocycles. The van der Waals surface area contributed by atoms with Gasteiger partial charge in [0.2, 0.25) is 5.89 Å². The van der Waals surface area contributed by atoms with Crippen LogP contribution >= 0.6 is 11.3 Å². The minimum absolute atomic E-state index is 0.144. The molecular formula is C18H17N3O3S. The van der Waals surface area contributed by atoms with Crippen molar-refractivity contribution < 1.29 is 14.0 Å². The van der Waals surface area contributed by atoms with Gasteiger partial charge in [-0.2, -0.15) is 0 Å². The highest BCUT2D eigenvalue weighted by atomic mass is 32.1. The average Bonchev–Trinajstić information content (AvgIpc) is 3.29. The van der Waals surface area contributed by atoms with E-state index >= 15 is 0 Å². The van der Waals surface area contributed by atoms with Crippen LogP contribution in [0.25, 0.3) is 10.8 Å². The highest BCUT2D eigenvalue weighted by Crippen LogP contribution is 2.25. The van der Waals surface area contributed by atoms with Crippen LogP contribution in [0.2, 0.25) is 0 Å². The van der Waals surface area contributed by atoms with E-state index in [9.17, 15) is 9.59 Å². The molecule has 3 rings (SSSR count). The van der Waals surface area contributed by atoms with Crippen molar-refractivity contribution in [3.05, 3.63) is 64.4 Å². The molecule has 128 valence electrons. The maximum Gasteiger partial charge on any atom is 0.273 e.